The highest BCUT2D eigenvalue weighted by Crippen LogP contribution is 2.25. The maximum atomic E-state index is 11.1. The first-order chi connectivity index (χ1) is 9.65. The van der Waals surface area contributed by atoms with E-state index in [1.807, 2.05) is 24.3 Å². The molecule has 0 unspecified atom stereocenters. The molecule has 1 heterocycles. The van der Waals surface area contributed by atoms with Crippen molar-refractivity contribution in [2.45, 2.75) is 32.5 Å². The van der Waals surface area contributed by atoms with E-state index in [0.717, 1.165) is 34.5 Å². The summed E-state index contributed by atoms with van der Waals surface area (Å²) in [6.45, 7) is 6.48. The van der Waals surface area contributed by atoms with E-state index in [0.29, 0.717) is 0 Å². The highest BCUT2D eigenvalue weighted by Gasteiger charge is 2.12. The SMILES string of the molecule is CCSc1nnc(-c2cccc(NC(C)=O)c2)n1CC. The maximum Gasteiger partial charge on any atom is 0.221 e. The fraction of sp³-hybridized carbons (Fsp3) is 0.357. The third-order valence-corrected chi connectivity index (χ3v) is 3.60. The van der Waals surface area contributed by atoms with Gasteiger partial charge in [-0.05, 0) is 24.8 Å². The molecule has 0 aliphatic carbocycles. The van der Waals surface area contributed by atoms with Gasteiger partial charge in [0, 0.05) is 24.7 Å². The minimum atomic E-state index is -0.0821. The molecule has 0 aliphatic heterocycles. The van der Waals surface area contributed by atoms with Crippen molar-refractivity contribution in [1.82, 2.24) is 14.8 Å². The molecule has 0 atom stereocenters. The number of carbonyl (C=O) groups is 1. The Bertz CT molecular complexity index is 609. The third-order valence-electron chi connectivity index (χ3n) is 2.75. The Labute approximate surface area is 122 Å². The highest BCUT2D eigenvalue weighted by atomic mass is 32.2. The van der Waals surface area contributed by atoms with Gasteiger partial charge in [0.2, 0.25) is 5.91 Å². The van der Waals surface area contributed by atoms with E-state index in [-0.39, 0.29) is 5.91 Å². The number of nitrogens with zero attached hydrogens (tertiary/aromatic N) is 3. The molecule has 2 aromatic rings. The fourth-order valence-electron chi connectivity index (χ4n) is 1.96. The molecule has 0 bridgehead atoms. The average molecular weight is 290 g/mol. The molecule has 1 aromatic heterocycles. The molecule has 0 saturated heterocycles. The Morgan fingerprint density at radius 1 is 1.35 bits per heavy atom. The van der Waals surface area contributed by atoms with Gasteiger partial charge in [-0.1, -0.05) is 30.8 Å². The number of benzene rings is 1. The van der Waals surface area contributed by atoms with Crippen molar-refractivity contribution in [3.63, 3.8) is 0 Å². The average Bonchev–Trinajstić information content (AvgIpc) is 2.81. The molecule has 106 valence electrons. The number of anilines is 1. The van der Waals surface area contributed by atoms with Crippen LogP contribution in [0.2, 0.25) is 0 Å². The van der Waals surface area contributed by atoms with Gasteiger partial charge in [0.05, 0.1) is 0 Å². The monoisotopic (exact) mass is 290 g/mol. The first-order valence-electron chi connectivity index (χ1n) is 6.59. The van der Waals surface area contributed by atoms with Crippen LogP contribution in [0.25, 0.3) is 11.4 Å². The molecule has 0 spiro atoms. The van der Waals surface area contributed by atoms with E-state index in [1.54, 1.807) is 11.8 Å². The van der Waals surface area contributed by atoms with Crippen molar-refractivity contribution < 1.29 is 4.79 Å². The Balaban J connectivity index is 2.38. The van der Waals surface area contributed by atoms with Gasteiger partial charge >= 0.3 is 0 Å². The summed E-state index contributed by atoms with van der Waals surface area (Å²) in [4.78, 5) is 11.1. The number of aromatic nitrogens is 3. The van der Waals surface area contributed by atoms with Crippen LogP contribution >= 0.6 is 11.8 Å². The predicted molar refractivity (Wildman–Crippen MR) is 81.8 cm³/mol. The topological polar surface area (TPSA) is 59.8 Å². The zero-order chi connectivity index (χ0) is 14.5. The molecular weight excluding hydrogens is 272 g/mol. The number of thioether (sulfide) groups is 1. The number of carbonyl (C=O) groups excluding carboxylic acids is 1. The summed E-state index contributed by atoms with van der Waals surface area (Å²) in [5.74, 6) is 1.71. The zero-order valence-corrected chi connectivity index (χ0v) is 12.7. The number of amides is 1. The summed E-state index contributed by atoms with van der Waals surface area (Å²) < 4.78 is 2.08. The fourth-order valence-corrected chi connectivity index (χ4v) is 2.69. The van der Waals surface area contributed by atoms with Gasteiger partial charge in [-0.15, -0.1) is 10.2 Å². The molecule has 0 aliphatic rings. The normalized spacial score (nSPS) is 10.6. The molecule has 20 heavy (non-hydrogen) atoms. The van der Waals surface area contributed by atoms with E-state index >= 15 is 0 Å². The zero-order valence-electron chi connectivity index (χ0n) is 11.9. The lowest BCUT2D eigenvalue weighted by molar-refractivity contribution is -0.114. The lowest BCUT2D eigenvalue weighted by Gasteiger charge is -2.08. The number of hydrogen-bond donors (Lipinski definition) is 1. The van der Waals surface area contributed by atoms with E-state index in [9.17, 15) is 4.79 Å². The van der Waals surface area contributed by atoms with Crippen LogP contribution in [0.4, 0.5) is 5.69 Å². The Morgan fingerprint density at radius 3 is 2.80 bits per heavy atom. The minimum Gasteiger partial charge on any atom is -0.326 e. The van der Waals surface area contributed by atoms with Gasteiger partial charge in [-0.2, -0.15) is 0 Å². The van der Waals surface area contributed by atoms with Gasteiger partial charge < -0.3 is 9.88 Å². The van der Waals surface area contributed by atoms with Crippen molar-refractivity contribution in [2.24, 2.45) is 0 Å². The van der Waals surface area contributed by atoms with Crippen LogP contribution in [0.1, 0.15) is 20.8 Å². The van der Waals surface area contributed by atoms with Crippen LogP contribution in [0.15, 0.2) is 29.4 Å². The molecule has 0 fully saturated rings. The lowest BCUT2D eigenvalue weighted by Crippen LogP contribution is -2.06. The van der Waals surface area contributed by atoms with Crippen molar-refractivity contribution >= 4 is 23.4 Å². The second-order valence-corrected chi connectivity index (χ2v) is 5.48. The minimum absolute atomic E-state index is 0.0821. The van der Waals surface area contributed by atoms with Crippen LogP contribution in [0.5, 0.6) is 0 Å². The molecule has 2 rings (SSSR count). The Kier molecular flexibility index (Phi) is 4.79. The van der Waals surface area contributed by atoms with Crippen LogP contribution in [0.3, 0.4) is 0 Å². The summed E-state index contributed by atoms with van der Waals surface area (Å²) >= 11 is 1.68. The predicted octanol–water partition coefficient (Wildman–Crippen LogP) is 3.04. The van der Waals surface area contributed by atoms with Crippen LogP contribution in [-0.2, 0) is 11.3 Å². The molecular formula is C14H18N4OS. The smallest absolute Gasteiger partial charge is 0.221 e. The highest BCUT2D eigenvalue weighted by molar-refractivity contribution is 7.99. The molecule has 1 aromatic carbocycles. The third kappa shape index (κ3) is 3.19. The summed E-state index contributed by atoms with van der Waals surface area (Å²) in [6.07, 6.45) is 0. The first-order valence-corrected chi connectivity index (χ1v) is 7.58. The van der Waals surface area contributed by atoms with E-state index < -0.39 is 0 Å². The lowest BCUT2D eigenvalue weighted by atomic mass is 10.2. The van der Waals surface area contributed by atoms with E-state index in [2.05, 4.69) is 33.9 Å². The van der Waals surface area contributed by atoms with E-state index in [1.165, 1.54) is 6.92 Å². The molecule has 1 N–H and O–H groups in total. The van der Waals surface area contributed by atoms with Gasteiger partial charge in [0.25, 0.3) is 0 Å². The van der Waals surface area contributed by atoms with Gasteiger partial charge in [0.15, 0.2) is 11.0 Å². The second-order valence-electron chi connectivity index (χ2n) is 4.25. The Hall–Kier alpha value is -1.82. The number of nitrogens with one attached hydrogen (secondary N) is 1. The summed E-state index contributed by atoms with van der Waals surface area (Å²) in [5.41, 5.74) is 1.72. The molecule has 0 radical (unpaired) electrons. The Morgan fingerprint density at radius 2 is 2.15 bits per heavy atom. The van der Waals surface area contributed by atoms with Crippen LogP contribution < -0.4 is 5.32 Å². The van der Waals surface area contributed by atoms with Gasteiger partial charge in [-0.3, -0.25) is 4.79 Å². The summed E-state index contributed by atoms with van der Waals surface area (Å²) in [6, 6.07) is 7.65. The largest absolute Gasteiger partial charge is 0.326 e. The quantitative estimate of drug-likeness (QED) is 0.860. The van der Waals surface area contributed by atoms with Crippen molar-refractivity contribution in [3.8, 4) is 11.4 Å². The molecule has 6 heteroatoms. The summed E-state index contributed by atoms with van der Waals surface area (Å²) in [5, 5.41) is 12.2. The van der Waals surface area contributed by atoms with Gasteiger partial charge in [-0.25, -0.2) is 0 Å². The van der Waals surface area contributed by atoms with Crippen LogP contribution in [0, 0.1) is 0 Å². The second kappa shape index (κ2) is 6.56. The summed E-state index contributed by atoms with van der Waals surface area (Å²) in [7, 11) is 0. The number of rotatable bonds is 5. The van der Waals surface area contributed by atoms with E-state index in [4.69, 9.17) is 0 Å². The molecule has 0 saturated carbocycles. The molecule has 5 nitrogen and oxygen atoms in total. The van der Waals surface area contributed by atoms with Crippen molar-refractivity contribution in [1.29, 1.82) is 0 Å². The first kappa shape index (κ1) is 14.6. The van der Waals surface area contributed by atoms with Gasteiger partial charge in [0.1, 0.15) is 0 Å². The molecule has 1 amide bonds. The number of hydrogen-bond acceptors (Lipinski definition) is 4. The van der Waals surface area contributed by atoms with Crippen LogP contribution in [-0.4, -0.2) is 26.4 Å². The standard InChI is InChI=1S/C14H18N4OS/c1-4-18-13(16-17-14(18)20-5-2)11-7-6-8-12(9-11)15-10(3)19/h6-9H,4-5H2,1-3H3,(H,15,19). The van der Waals surface area contributed by atoms with Crippen molar-refractivity contribution in [2.75, 3.05) is 11.1 Å². The maximum absolute atomic E-state index is 11.1. The van der Waals surface area contributed by atoms with Crippen molar-refractivity contribution in [3.05, 3.63) is 24.3 Å².